The van der Waals surface area contributed by atoms with Crippen molar-refractivity contribution in [1.82, 2.24) is 15.8 Å². The summed E-state index contributed by atoms with van der Waals surface area (Å²) in [7, 11) is 3.87. The van der Waals surface area contributed by atoms with Crippen molar-refractivity contribution in [3.8, 4) is 0 Å². The summed E-state index contributed by atoms with van der Waals surface area (Å²) in [6.45, 7) is -0.256. The van der Waals surface area contributed by atoms with Gasteiger partial charge in [0.25, 0.3) is 11.8 Å². The van der Waals surface area contributed by atoms with Gasteiger partial charge in [-0.15, -0.1) is 11.6 Å². The first-order valence-corrected chi connectivity index (χ1v) is 12.6. The molecular weight excluding hydrogens is 498 g/mol. The number of benzene rings is 3. The van der Waals surface area contributed by atoms with Crippen LogP contribution in [0.2, 0.25) is 0 Å². The molecule has 3 aromatic rings. The van der Waals surface area contributed by atoms with Crippen LogP contribution in [0.5, 0.6) is 0 Å². The summed E-state index contributed by atoms with van der Waals surface area (Å²) in [6.07, 6.45) is 0. The van der Waals surface area contributed by atoms with E-state index in [1.54, 1.807) is 16.7 Å². The molecule has 2 aliphatic rings. The lowest BCUT2D eigenvalue weighted by Gasteiger charge is -2.43. The van der Waals surface area contributed by atoms with E-state index in [9.17, 15) is 14.4 Å². The Kier molecular flexibility index (Phi) is 6.51. The van der Waals surface area contributed by atoms with E-state index in [2.05, 4.69) is 10.7 Å². The summed E-state index contributed by atoms with van der Waals surface area (Å²) in [5, 5.41) is 3.00. The van der Waals surface area contributed by atoms with Crippen LogP contribution >= 0.6 is 23.4 Å². The number of hydrogen-bond donors (Lipinski definition) is 2. The Bertz CT molecular complexity index is 1290. The second-order valence-corrected chi connectivity index (χ2v) is 10.2. The lowest BCUT2D eigenvalue weighted by Crippen LogP contribution is -2.64. The van der Waals surface area contributed by atoms with Gasteiger partial charge in [0.1, 0.15) is 11.4 Å². The van der Waals surface area contributed by atoms with Gasteiger partial charge in [-0.3, -0.25) is 14.5 Å². The molecule has 0 spiro atoms. The van der Waals surface area contributed by atoms with Crippen LogP contribution in [0.3, 0.4) is 0 Å². The van der Waals surface area contributed by atoms with Crippen molar-refractivity contribution in [2.45, 2.75) is 21.2 Å². The zero-order valence-corrected chi connectivity index (χ0v) is 21.2. The fourth-order valence-corrected chi connectivity index (χ4v) is 5.64. The molecule has 3 aromatic carbocycles. The molecule has 0 aromatic heterocycles. The van der Waals surface area contributed by atoms with Crippen molar-refractivity contribution < 1.29 is 14.4 Å². The highest BCUT2D eigenvalue weighted by atomic mass is 35.5. The van der Waals surface area contributed by atoms with Crippen LogP contribution in [-0.4, -0.2) is 48.9 Å². The number of hydrogen-bond acceptors (Lipinski definition) is 5. The highest BCUT2D eigenvalue weighted by Gasteiger charge is 2.48. The van der Waals surface area contributed by atoms with Gasteiger partial charge in [-0.1, -0.05) is 48.2 Å². The van der Waals surface area contributed by atoms with Crippen molar-refractivity contribution >= 4 is 58.3 Å². The van der Waals surface area contributed by atoms with Crippen LogP contribution < -0.4 is 20.5 Å². The van der Waals surface area contributed by atoms with Crippen LogP contribution in [0, 0.1) is 0 Å². The average molecular weight is 522 g/mol. The summed E-state index contributed by atoms with van der Waals surface area (Å²) in [5.41, 5.74) is 5.87. The summed E-state index contributed by atoms with van der Waals surface area (Å²) in [6, 6.07) is 21.7. The molecule has 0 bridgehead atoms. The minimum Gasteiger partial charge on any atom is -0.378 e. The van der Waals surface area contributed by atoms with Crippen molar-refractivity contribution in [3.63, 3.8) is 0 Å². The van der Waals surface area contributed by atoms with E-state index in [1.165, 1.54) is 5.01 Å². The summed E-state index contributed by atoms with van der Waals surface area (Å²) in [5.74, 6) is -0.706. The van der Waals surface area contributed by atoms with Gasteiger partial charge in [-0.2, -0.15) is 0 Å². The molecule has 0 saturated carbocycles. The van der Waals surface area contributed by atoms with Gasteiger partial charge in [-0.25, -0.2) is 15.2 Å². The highest BCUT2D eigenvalue weighted by Crippen LogP contribution is 2.47. The molecule has 2 heterocycles. The normalized spacial score (nSPS) is 18.0. The molecule has 184 valence electrons. The number of para-hydroxylation sites is 2. The summed E-state index contributed by atoms with van der Waals surface area (Å²) < 4.78 is 0. The third-order valence-corrected chi connectivity index (χ3v) is 7.64. The predicted octanol–water partition coefficient (Wildman–Crippen LogP) is 4.29. The van der Waals surface area contributed by atoms with Crippen LogP contribution in [0.15, 0.2) is 82.6 Å². The summed E-state index contributed by atoms with van der Waals surface area (Å²) >= 11 is 7.86. The van der Waals surface area contributed by atoms with E-state index in [4.69, 9.17) is 11.6 Å². The summed E-state index contributed by atoms with van der Waals surface area (Å²) in [4.78, 5) is 43.8. The van der Waals surface area contributed by atoms with Gasteiger partial charge < -0.3 is 10.2 Å². The van der Waals surface area contributed by atoms with Crippen molar-refractivity contribution in [2.75, 3.05) is 30.4 Å². The monoisotopic (exact) mass is 521 g/mol. The van der Waals surface area contributed by atoms with Crippen LogP contribution in [0.25, 0.3) is 0 Å². The van der Waals surface area contributed by atoms with E-state index in [1.807, 2.05) is 91.8 Å². The third kappa shape index (κ3) is 4.36. The SMILES string of the molecule is CN(C)c1ccc(C2C(Cl)C(=O)N2NC(=O)NCC(=O)N2c3ccccc3Sc3ccccc32)cc1. The molecule has 2 unspecified atom stereocenters. The Labute approximate surface area is 218 Å². The lowest BCUT2D eigenvalue weighted by atomic mass is 9.95. The topological polar surface area (TPSA) is 85.0 Å². The number of alkyl halides is 1. The standard InChI is InChI=1S/C26H24ClN5O3S/c1-30(2)17-13-11-16(12-14-17)24-23(27)25(34)32(24)29-26(35)28-15-22(33)31-18-7-3-5-9-20(18)36-21-10-6-4-8-19(21)31/h3-14,23-24H,15H2,1-2H3,(H2,28,29,35). The number of carbonyl (C=O) groups excluding carboxylic acids is 3. The first kappa shape index (κ1) is 24.0. The maximum atomic E-state index is 13.3. The number of β-lactam (4-membered cyclic amide) rings is 1. The lowest BCUT2D eigenvalue weighted by molar-refractivity contribution is -0.149. The number of nitrogens with zero attached hydrogens (tertiary/aromatic N) is 3. The molecule has 10 heteroatoms. The quantitative estimate of drug-likeness (QED) is 0.386. The molecule has 2 atom stereocenters. The number of rotatable bonds is 5. The number of hydrazine groups is 1. The molecule has 1 saturated heterocycles. The average Bonchev–Trinajstić information content (AvgIpc) is 2.90. The van der Waals surface area contributed by atoms with Gasteiger partial charge in [-0.05, 0) is 42.0 Å². The molecule has 4 amide bonds. The molecule has 2 aliphatic heterocycles. The van der Waals surface area contributed by atoms with Crippen LogP contribution in [-0.2, 0) is 9.59 Å². The number of nitrogens with one attached hydrogen (secondary N) is 2. The number of halogens is 1. The van der Waals surface area contributed by atoms with E-state index in [0.29, 0.717) is 0 Å². The number of fused-ring (bicyclic) bond motifs is 2. The van der Waals surface area contributed by atoms with Gasteiger partial charge in [0.2, 0.25) is 0 Å². The van der Waals surface area contributed by atoms with Gasteiger partial charge in [0.15, 0.2) is 0 Å². The largest absolute Gasteiger partial charge is 0.378 e. The minimum absolute atomic E-state index is 0.256. The second-order valence-electron chi connectivity index (χ2n) is 8.60. The van der Waals surface area contributed by atoms with E-state index in [-0.39, 0.29) is 12.5 Å². The smallest absolute Gasteiger partial charge is 0.334 e. The number of amides is 4. The molecular formula is C26H24ClN5O3S. The Morgan fingerprint density at radius 3 is 2.11 bits per heavy atom. The second kappa shape index (κ2) is 9.75. The number of urea groups is 1. The zero-order valence-electron chi connectivity index (χ0n) is 19.6. The molecule has 0 radical (unpaired) electrons. The van der Waals surface area contributed by atoms with E-state index >= 15 is 0 Å². The molecule has 36 heavy (non-hydrogen) atoms. The van der Waals surface area contributed by atoms with Crippen molar-refractivity contribution in [2.24, 2.45) is 0 Å². The van der Waals surface area contributed by atoms with Crippen molar-refractivity contribution in [1.29, 1.82) is 0 Å². The minimum atomic E-state index is -0.781. The Morgan fingerprint density at radius 2 is 1.53 bits per heavy atom. The van der Waals surface area contributed by atoms with Gasteiger partial charge >= 0.3 is 6.03 Å². The molecule has 1 fully saturated rings. The Morgan fingerprint density at radius 1 is 0.944 bits per heavy atom. The number of anilines is 3. The number of carbonyl (C=O) groups is 3. The molecule has 2 N–H and O–H groups in total. The van der Waals surface area contributed by atoms with Crippen molar-refractivity contribution in [3.05, 3.63) is 78.4 Å². The van der Waals surface area contributed by atoms with Gasteiger partial charge in [0, 0.05) is 29.6 Å². The van der Waals surface area contributed by atoms with E-state index < -0.39 is 23.4 Å². The fourth-order valence-electron chi connectivity index (χ4n) is 4.22. The molecule has 5 rings (SSSR count). The van der Waals surface area contributed by atoms with Crippen LogP contribution in [0.4, 0.5) is 21.9 Å². The fraction of sp³-hybridized carbons (Fsp3) is 0.192. The van der Waals surface area contributed by atoms with Gasteiger partial charge in [0.05, 0.1) is 17.9 Å². The maximum Gasteiger partial charge on any atom is 0.334 e. The zero-order chi connectivity index (χ0) is 25.4. The first-order chi connectivity index (χ1) is 17.3. The Hall–Kier alpha value is -3.69. The van der Waals surface area contributed by atoms with E-state index in [0.717, 1.165) is 32.4 Å². The van der Waals surface area contributed by atoms with Crippen LogP contribution in [0.1, 0.15) is 11.6 Å². The molecule has 8 nitrogen and oxygen atoms in total. The molecule has 0 aliphatic carbocycles. The first-order valence-electron chi connectivity index (χ1n) is 11.3. The third-order valence-electron chi connectivity index (χ3n) is 6.08. The highest BCUT2D eigenvalue weighted by molar-refractivity contribution is 7.99. The predicted molar refractivity (Wildman–Crippen MR) is 141 cm³/mol. The maximum absolute atomic E-state index is 13.3. The Balaban J connectivity index is 1.26.